The largest absolute Gasteiger partial charge is 0.357 e. The van der Waals surface area contributed by atoms with Crippen LogP contribution in [0.2, 0.25) is 0 Å². The van der Waals surface area contributed by atoms with Crippen LogP contribution >= 0.6 is 0 Å². The number of anilines is 2. The zero-order chi connectivity index (χ0) is 11.4. The van der Waals surface area contributed by atoms with E-state index in [1.165, 1.54) is 0 Å². The summed E-state index contributed by atoms with van der Waals surface area (Å²) in [4.78, 5) is 10.9. The lowest BCUT2D eigenvalue weighted by atomic mass is 10.3. The van der Waals surface area contributed by atoms with Gasteiger partial charge in [-0.05, 0) is 27.7 Å². The summed E-state index contributed by atoms with van der Waals surface area (Å²) in [6.07, 6.45) is 0. The fourth-order valence-electron chi connectivity index (χ4n) is 1.23. The van der Waals surface area contributed by atoms with Crippen LogP contribution < -0.4 is 10.2 Å². The Balaban J connectivity index is 2.97. The van der Waals surface area contributed by atoms with Crippen LogP contribution in [0.1, 0.15) is 26.5 Å². The van der Waals surface area contributed by atoms with Gasteiger partial charge in [-0.15, -0.1) is 0 Å². The summed E-state index contributed by atoms with van der Waals surface area (Å²) in [6.45, 7) is 9.15. The highest BCUT2D eigenvalue weighted by atomic mass is 15.2. The first kappa shape index (κ1) is 11.8. The van der Waals surface area contributed by atoms with Gasteiger partial charge in [-0.25, -0.2) is 4.98 Å². The first-order chi connectivity index (χ1) is 7.04. The maximum atomic E-state index is 4.45. The van der Waals surface area contributed by atoms with Gasteiger partial charge in [0, 0.05) is 31.4 Å². The maximum Gasteiger partial charge on any atom is 0.224 e. The molecule has 15 heavy (non-hydrogen) atoms. The SMILES string of the molecule is CCNc1nc(C)cc(N(C)C(C)C)n1. The molecule has 0 aliphatic heterocycles. The van der Waals surface area contributed by atoms with Crippen molar-refractivity contribution in [2.75, 3.05) is 23.8 Å². The van der Waals surface area contributed by atoms with Crippen molar-refractivity contribution >= 4 is 11.8 Å². The number of aryl methyl sites for hydroxylation is 1. The average Bonchev–Trinajstić information content (AvgIpc) is 2.16. The van der Waals surface area contributed by atoms with Gasteiger partial charge in [0.1, 0.15) is 5.82 Å². The van der Waals surface area contributed by atoms with Gasteiger partial charge in [0.2, 0.25) is 5.95 Å². The Morgan fingerprint density at radius 1 is 1.40 bits per heavy atom. The third-order valence-electron chi connectivity index (χ3n) is 2.31. The number of hydrogen-bond donors (Lipinski definition) is 1. The second-order valence-electron chi connectivity index (χ2n) is 3.93. The first-order valence-corrected chi connectivity index (χ1v) is 5.37. The highest BCUT2D eigenvalue weighted by Gasteiger charge is 2.08. The van der Waals surface area contributed by atoms with Gasteiger partial charge in [0.25, 0.3) is 0 Å². The molecule has 0 amide bonds. The van der Waals surface area contributed by atoms with Crippen LogP contribution in [0.4, 0.5) is 11.8 Å². The number of hydrogen-bond acceptors (Lipinski definition) is 4. The Morgan fingerprint density at radius 3 is 2.60 bits per heavy atom. The van der Waals surface area contributed by atoms with Crippen LogP contribution in [0.25, 0.3) is 0 Å². The summed E-state index contributed by atoms with van der Waals surface area (Å²) < 4.78 is 0. The van der Waals surface area contributed by atoms with Crippen molar-refractivity contribution < 1.29 is 0 Å². The molecule has 0 aromatic carbocycles. The van der Waals surface area contributed by atoms with Crippen LogP contribution in [-0.4, -0.2) is 29.6 Å². The van der Waals surface area contributed by atoms with Crippen molar-refractivity contribution in [2.24, 2.45) is 0 Å². The van der Waals surface area contributed by atoms with Gasteiger partial charge in [0.15, 0.2) is 0 Å². The van der Waals surface area contributed by atoms with Crippen molar-refractivity contribution in [3.63, 3.8) is 0 Å². The molecule has 1 N–H and O–H groups in total. The number of rotatable bonds is 4. The minimum absolute atomic E-state index is 0.439. The Hall–Kier alpha value is -1.32. The van der Waals surface area contributed by atoms with Crippen LogP contribution in [0, 0.1) is 6.92 Å². The van der Waals surface area contributed by atoms with Gasteiger partial charge in [-0.1, -0.05) is 0 Å². The van der Waals surface area contributed by atoms with Crippen molar-refractivity contribution in [3.8, 4) is 0 Å². The molecule has 0 aliphatic rings. The molecule has 0 spiro atoms. The van der Waals surface area contributed by atoms with Gasteiger partial charge in [0.05, 0.1) is 0 Å². The molecule has 0 unspecified atom stereocenters. The molecule has 4 heteroatoms. The number of nitrogens with zero attached hydrogens (tertiary/aromatic N) is 3. The monoisotopic (exact) mass is 208 g/mol. The second-order valence-corrected chi connectivity index (χ2v) is 3.93. The van der Waals surface area contributed by atoms with E-state index in [9.17, 15) is 0 Å². The van der Waals surface area contributed by atoms with Gasteiger partial charge >= 0.3 is 0 Å². The molecule has 0 fully saturated rings. The van der Waals surface area contributed by atoms with Crippen molar-refractivity contribution in [1.29, 1.82) is 0 Å². The third-order valence-corrected chi connectivity index (χ3v) is 2.31. The van der Waals surface area contributed by atoms with Crippen molar-refractivity contribution in [1.82, 2.24) is 9.97 Å². The zero-order valence-corrected chi connectivity index (χ0v) is 10.2. The topological polar surface area (TPSA) is 41.1 Å². The van der Waals surface area contributed by atoms with E-state index >= 15 is 0 Å². The highest BCUT2D eigenvalue weighted by molar-refractivity contribution is 5.44. The van der Waals surface area contributed by atoms with Gasteiger partial charge in [-0.2, -0.15) is 4.98 Å². The van der Waals surface area contributed by atoms with Crippen LogP contribution in [0.15, 0.2) is 6.07 Å². The summed E-state index contributed by atoms with van der Waals surface area (Å²) in [5.74, 6) is 1.67. The lowest BCUT2D eigenvalue weighted by Crippen LogP contribution is -2.27. The number of aromatic nitrogens is 2. The highest BCUT2D eigenvalue weighted by Crippen LogP contribution is 2.15. The van der Waals surface area contributed by atoms with Crippen LogP contribution in [-0.2, 0) is 0 Å². The minimum Gasteiger partial charge on any atom is -0.357 e. The molecule has 4 nitrogen and oxygen atoms in total. The average molecular weight is 208 g/mol. The van der Waals surface area contributed by atoms with Crippen LogP contribution in [0.3, 0.4) is 0 Å². The fourth-order valence-corrected chi connectivity index (χ4v) is 1.23. The third kappa shape index (κ3) is 3.08. The van der Waals surface area contributed by atoms with E-state index in [1.54, 1.807) is 0 Å². The van der Waals surface area contributed by atoms with E-state index in [1.807, 2.05) is 27.0 Å². The predicted octanol–water partition coefficient (Wildman–Crippen LogP) is 2.06. The van der Waals surface area contributed by atoms with E-state index in [0.717, 1.165) is 18.1 Å². The van der Waals surface area contributed by atoms with E-state index in [-0.39, 0.29) is 0 Å². The Bertz CT molecular complexity index is 322. The van der Waals surface area contributed by atoms with Crippen molar-refractivity contribution in [2.45, 2.75) is 33.7 Å². The Morgan fingerprint density at radius 2 is 2.07 bits per heavy atom. The Kier molecular flexibility index (Phi) is 3.88. The molecule has 0 bridgehead atoms. The lowest BCUT2D eigenvalue weighted by Gasteiger charge is -2.23. The summed E-state index contributed by atoms with van der Waals surface area (Å²) in [7, 11) is 2.04. The molecule has 0 saturated heterocycles. The van der Waals surface area contributed by atoms with E-state index in [0.29, 0.717) is 12.0 Å². The molecular weight excluding hydrogens is 188 g/mol. The minimum atomic E-state index is 0.439. The van der Waals surface area contributed by atoms with Crippen molar-refractivity contribution in [3.05, 3.63) is 11.8 Å². The zero-order valence-electron chi connectivity index (χ0n) is 10.2. The normalized spacial score (nSPS) is 10.5. The standard InChI is InChI=1S/C11H20N4/c1-6-12-11-13-9(4)7-10(14-11)15(5)8(2)3/h7-8H,6H2,1-5H3,(H,12,13,14). The first-order valence-electron chi connectivity index (χ1n) is 5.37. The summed E-state index contributed by atoms with van der Waals surface area (Å²) in [6, 6.07) is 2.44. The fraction of sp³-hybridized carbons (Fsp3) is 0.636. The molecule has 84 valence electrons. The molecule has 1 rings (SSSR count). The molecule has 1 heterocycles. The lowest BCUT2D eigenvalue weighted by molar-refractivity contribution is 0.741. The van der Waals surface area contributed by atoms with E-state index in [4.69, 9.17) is 0 Å². The molecule has 0 saturated carbocycles. The predicted molar refractivity (Wildman–Crippen MR) is 64.5 cm³/mol. The maximum absolute atomic E-state index is 4.45. The second kappa shape index (κ2) is 4.96. The summed E-state index contributed by atoms with van der Waals surface area (Å²) in [5.41, 5.74) is 0.989. The molecule has 0 atom stereocenters. The van der Waals surface area contributed by atoms with Crippen LogP contribution in [0.5, 0.6) is 0 Å². The molecule has 0 radical (unpaired) electrons. The molecular formula is C11H20N4. The number of nitrogens with one attached hydrogen (secondary N) is 1. The van der Waals surface area contributed by atoms with Gasteiger partial charge < -0.3 is 10.2 Å². The summed E-state index contributed by atoms with van der Waals surface area (Å²) in [5, 5.41) is 3.13. The molecule has 1 aromatic heterocycles. The van der Waals surface area contributed by atoms with Gasteiger partial charge in [-0.3, -0.25) is 0 Å². The van der Waals surface area contributed by atoms with E-state index in [2.05, 4.69) is 34.0 Å². The summed E-state index contributed by atoms with van der Waals surface area (Å²) >= 11 is 0. The smallest absolute Gasteiger partial charge is 0.224 e. The molecule has 1 aromatic rings. The quantitative estimate of drug-likeness (QED) is 0.822. The van der Waals surface area contributed by atoms with E-state index < -0.39 is 0 Å². The molecule has 0 aliphatic carbocycles. The Labute approximate surface area is 91.7 Å².